The van der Waals surface area contributed by atoms with E-state index in [1.807, 2.05) is 11.3 Å². The molecule has 2 rings (SSSR count). The standard InChI is InChI=1S/C13H13BrS/c1-9-10(2)15-8-12(9)13(14)11-6-4-3-5-7-11/h3-8,13H,1-2H3. The van der Waals surface area contributed by atoms with Crippen molar-refractivity contribution in [3.05, 3.63) is 57.3 Å². The third-order valence-electron chi connectivity index (χ3n) is 2.69. The van der Waals surface area contributed by atoms with Gasteiger partial charge in [-0.2, -0.15) is 0 Å². The van der Waals surface area contributed by atoms with E-state index in [2.05, 4.69) is 65.5 Å². The third-order valence-corrected chi connectivity index (χ3v) is 4.74. The molecule has 0 aliphatic rings. The average Bonchev–Trinajstić information content (AvgIpc) is 2.60. The molecule has 1 unspecified atom stereocenters. The van der Waals surface area contributed by atoms with Crippen molar-refractivity contribution in [3.63, 3.8) is 0 Å². The molecule has 0 spiro atoms. The molecule has 0 saturated heterocycles. The van der Waals surface area contributed by atoms with E-state index in [4.69, 9.17) is 0 Å². The maximum absolute atomic E-state index is 3.76. The molecule has 0 radical (unpaired) electrons. The Morgan fingerprint density at radius 2 is 1.80 bits per heavy atom. The van der Waals surface area contributed by atoms with Gasteiger partial charge >= 0.3 is 0 Å². The van der Waals surface area contributed by atoms with Crippen LogP contribution in [0.25, 0.3) is 0 Å². The Morgan fingerprint density at radius 3 is 2.33 bits per heavy atom. The van der Waals surface area contributed by atoms with E-state index >= 15 is 0 Å². The fourth-order valence-electron chi connectivity index (χ4n) is 1.58. The predicted octanol–water partition coefficient (Wildman–Crippen LogP) is 4.85. The Balaban J connectivity index is 2.37. The quantitative estimate of drug-likeness (QED) is 0.690. The SMILES string of the molecule is Cc1scc(C(Br)c2ccccc2)c1C. The highest BCUT2D eigenvalue weighted by Crippen LogP contribution is 2.36. The third kappa shape index (κ3) is 2.16. The van der Waals surface area contributed by atoms with Crippen LogP contribution >= 0.6 is 27.3 Å². The maximum atomic E-state index is 3.76. The number of aryl methyl sites for hydroxylation is 1. The number of alkyl halides is 1. The van der Waals surface area contributed by atoms with Gasteiger partial charge in [0.25, 0.3) is 0 Å². The molecule has 0 fully saturated rings. The second-order valence-electron chi connectivity index (χ2n) is 3.65. The van der Waals surface area contributed by atoms with Crippen molar-refractivity contribution in [2.45, 2.75) is 18.7 Å². The van der Waals surface area contributed by atoms with Crippen LogP contribution in [0, 0.1) is 13.8 Å². The van der Waals surface area contributed by atoms with Gasteiger partial charge in [0.15, 0.2) is 0 Å². The summed E-state index contributed by atoms with van der Waals surface area (Å²) in [5.41, 5.74) is 4.12. The highest BCUT2D eigenvalue weighted by atomic mass is 79.9. The van der Waals surface area contributed by atoms with Gasteiger partial charge in [-0.3, -0.25) is 0 Å². The van der Waals surface area contributed by atoms with Gasteiger partial charge < -0.3 is 0 Å². The molecule has 1 aromatic carbocycles. The highest BCUT2D eigenvalue weighted by Gasteiger charge is 2.14. The Hall–Kier alpha value is -0.600. The molecule has 15 heavy (non-hydrogen) atoms. The summed E-state index contributed by atoms with van der Waals surface area (Å²) in [6, 6.07) is 10.5. The van der Waals surface area contributed by atoms with Crippen LogP contribution in [-0.4, -0.2) is 0 Å². The number of hydrogen-bond acceptors (Lipinski definition) is 1. The molecule has 78 valence electrons. The zero-order valence-electron chi connectivity index (χ0n) is 8.83. The van der Waals surface area contributed by atoms with Crippen molar-refractivity contribution >= 4 is 27.3 Å². The summed E-state index contributed by atoms with van der Waals surface area (Å²) in [5, 5.41) is 2.25. The number of rotatable bonds is 2. The normalized spacial score (nSPS) is 12.7. The van der Waals surface area contributed by atoms with Gasteiger partial charge in [0.1, 0.15) is 0 Å². The number of benzene rings is 1. The lowest BCUT2D eigenvalue weighted by atomic mass is 10.0. The van der Waals surface area contributed by atoms with Crippen LogP contribution < -0.4 is 0 Å². The van der Waals surface area contributed by atoms with Crippen LogP contribution in [0.2, 0.25) is 0 Å². The van der Waals surface area contributed by atoms with Gasteiger partial charge in [-0.25, -0.2) is 0 Å². The largest absolute Gasteiger partial charge is 0.149 e. The van der Waals surface area contributed by atoms with E-state index in [1.54, 1.807) is 0 Å². The lowest BCUT2D eigenvalue weighted by Gasteiger charge is -2.10. The number of halogens is 1. The zero-order chi connectivity index (χ0) is 10.8. The van der Waals surface area contributed by atoms with Crippen LogP contribution in [0.4, 0.5) is 0 Å². The second-order valence-corrected chi connectivity index (χ2v) is 5.64. The summed E-state index contributed by atoms with van der Waals surface area (Å²) < 4.78 is 0. The van der Waals surface area contributed by atoms with E-state index in [0.29, 0.717) is 4.83 Å². The fraction of sp³-hybridized carbons (Fsp3) is 0.231. The Labute approximate surface area is 103 Å². The summed E-state index contributed by atoms with van der Waals surface area (Å²) in [4.78, 5) is 1.73. The number of thiophene rings is 1. The molecule has 2 aromatic rings. The summed E-state index contributed by atoms with van der Waals surface area (Å²) >= 11 is 5.59. The molecule has 1 atom stereocenters. The average molecular weight is 281 g/mol. The van der Waals surface area contributed by atoms with Crippen molar-refractivity contribution in [1.29, 1.82) is 0 Å². The van der Waals surface area contributed by atoms with Crippen molar-refractivity contribution in [1.82, 2.24) is 0 Å². The first-order chi connectivity index (χ1) is 7.20. The first-order valence-electron chi connectivity index (χ1n) is 4.93. The minimum Gasteiger partial charge on any atom is -0.149 e. The van der Waals surface area contributed by atoms with E-state index < -0.39 is 0 Å². The summed E-state index contributed by atoms with van der Waals surface area (Å²) in [5.74, 6) is 0. The summed E-state index contributed by atoms with van der Waals surface area (Å²) in [7, 11) is 0. The molecule has 0 bridgehead atoms. The molecule has 0 nitrogen and oxygen atoms in total. The molecule has 1 heterocycles. The van der Waals surface area contributed by atoms with Crippen LogP contribution in [-0.2, 0) is 0 Å². The molecular formula is C13H13BrS. The molecular weight excluding hydrogens is 268 g/mol. The smallest absolute Gasteiger partial charge is 0.0655 e. The molecule has 0 saturated carbocycles. The zero-order valence-corrected chi connectivity index (χ0v) is 11.2. The van der Waals surface area contributed by atoms with E-state index in [1.165, 1.54) is 21.6 Å². The van der Waals surface area contributed by atoms with Crippen LogP contribution in [0.15, 0.2) is 35.7 Å². The lowest BCUT2D eigenvalue weighted by molar-refractivity contribution is 1.16. The summed E-state index contributed by atoms with van der Waals surface area (Å²) in [6.45, 7) is 4.37. The lowest BCUT2D eigenvalue weighted by Crippen LogP contribution is -1.92. The van der Waals surface area contributed by atoms with E-state index in [0.717, 1.165) is 0 Å². The topological polar surface area (TPSA) is 0 Å². The van der Waals surface area contributed by atoms with E-state index in [9.17, 15) is 0 Å². The molecule has 0 aliphatic carbocycles. The molecule has 1 aromatic heterocycles. The first kappa shape index (κ1) is 10.9. The minimum absolute atomic E-state index is 0.323. The second kappa shape index (κ2) is 4.50. The Bertz CT molecular complexity index is 445. The van der Waals surface area contributed by atoms with Gasteiger partial charge in [-0.15, -0.1) is 11.3 Å². The predicted molar refractivity (Wildman–Crippen MR) is 71.0 cm³/mol. The van der Waals surface area contributed by atoms with Crippen molar-refractivity contribution in [3.8, 4) is 0 Å². The first-order valence-corrected chi connectivity index (χ1v) is 6.73. The fourth-order valence-corrected chi connectivity index (χ4v) is 3.45. The molecule has 0 amide bonds. The van der Waals surface area contributed by atoms with Crippen LogP contribution in [0.1, 0.15) is 26.4 Å². The van der Waals surface area contributed by atoms with Gasteiger partial charge in [-0.1, -0.05) is 46.3 Å². The van der Waals surface area contributed by atoms with Crippen molar-refractivity contribution in [2.24, 2.45) is 0 Å². The van der Waals surface area contributed by atoms with Gasteiger partial charge in [-0.05, 0) is 35.9 Å². The maximum Gasteiger partial charge on any atom is 0.0655 e. The molecule has 0 N–H and O–H groups in total. The Morgan fingerprint density at radius 1 is 1.13 bits per heavy atom. The minimum atomic E-state index is 0.323. The summed E-state index contributed by atoms with van der Waals surface area (Å²) in [6.07, 6.45) is 0. The van der Waals surface area contributed by atoms with Gasteiger partial charge in [0, 0.05) is 4.88 Å². The van der Waals surface area contributed by atoms with Crippen LogP contribution in [0.3, 0.4) is 0 Å². The monoisotopic (exact) mass is 280 g/mol. The molecule has 0 aliphatic heterocycles. The molecule has 2 heteroatoms. The van der Waals surface area contributed by atoms with Crippen molar-refractivity contribution in [2.75, 3.05) is 0 Å². The Kier molecular flexibility index (Phi) is 3.27. The van der Waals surface area contributed by atoms with Crippen molar-refractivity contribution < 1.29 is 0 Å². The van der Waals surface area contributed by atoms with E-state index in [-0.39, 0.29) is 0 Å². The van der Waals surface area contributed by atoms with Crippen LogP contribution in [0.5, 0.6) is 0 Å². The van der Waals surface area contributed by atoms with Gasteiger partial charge in [0.05, 0.1) is 4.83 Å². The highest BCUT2D eigenvalue weighted by molar-refractivity contribution is 9.09. The van der Waals surface area contributed by atoms with Gasteiger partial charge in [0.2, 0.25) is 0 Å². The number of hydrogen-bond donors (Lipinski definition) is 0.